The highest BCUT2D eigenvalue weighted by Crippen LogP contribution is 2.19. The van der Waals surface area contributed by atoms with Gasteiger partial charge in [0.25, 0.3) is 0 Å². The first-order chi connectivity index (χ1) is 9.63. The van der Waals surface area contributed by atoms with Gasteiger partial charge in [0.05, 0.1) is 24.6 Å². The predicted octanol–water partition coefficient (Wildman–Crippen LogP) is 2.18. The van der Waals surface area contributed by atoms with Gasteiger partial charge in [0.1, 0.15) is 5.82 Å². The minimum absolute atomic E-state index is 0.170. The van der Waals surface area contributed by atoms with E-state index in [0.29, 0.717) is 45.0 Å². The van der Waals surface area contributed by atoms with Gasteiger partial charge in [-0.1, -0.05) is 0 Å². The van der Waals surface area contributed by atoms with Crippen LogP contribution in [0.25, 0.3) is 0 Å². The van der Waals surface area contributed by atoms with Crippen LogP contribution in [-0.2, 0) is 14.3 Å². The van der Waals surface area contributed by atoms with Crippen molar-refractivity contribution >= 4 is 17.3 Å². The summed E-state index contributed by atoms with van der Waals surface area (Å²) in [4.78, 5) is 11.6. The number of hydrogen-bond acceptors (Lipinski definition) is 4. The number of hydrogen-bond donors (Lipinski definition) is 2. The minimum atomic E-state index is -0.428. The minimum Gasteiger partial charge on any atom is -0.397 e. The molecule has 0 saturated heterocycles. The Kier molecular flexibility index (Phi) is 7.60. The van der Waals surface area contributed by atoms with E-state index in [-0.39, 0.29) is 11.6 Å². The number of nitrogen functional groups attached to an aromatic ring is 1. The van der Waals surface area contributed by atoms with Gasteiger partial charge in [0, 0.05) is 19.6 Å². The largest absolute Gasteiger partial charge is 0.397 e. The molecule has 0 radical (unpaired) electrons. The molecule has 0 aliphatic rings. The third kappa shape index (κ3) is 6.49. The first kappa shape index (κ1) is 16.4. The first-order valence-electron chi connectivity index (χ1n) is 6.64. The summed E-state index contributed by atoms with van der Waals surface area (Å²) in [6.07, 6.45) is 0.935. The van der Waals surface area contributed by atoms with Gasteiger partial charge >= 0.3 is 0 Å². The Morgan fingerprint density at radius 3 is 2.75 bits per heavy atom. The second-order valence-corrected chi connectivity index (χ2v) is 4.19. The number of carbonyl (C=O) groups is 1. The number of amides is 1. The maximum Gasteiger partial charge on any atom is 0.224 e. The molecule has 112 valence electrons. The van der Waals surface area contributed by atoms with Gasteiger partial charge in [-0.25, -0.2) is 4.39 Å². The Hall–Kier alpha value is -1.66. The molecule has 20 heavy (non-hydrogen) atoms. The Labute approximate surface area is 118 Å². The third-order valence-corrected chi connectivity index (χ3v) is 2.56. The fourth-order valence-corrected chi connectivity index (χ4v) is 1.56. The highest BCUT2D eigenvalue weighted by molar-refractivity contribution is 5.93. The quantitative estimate of drug-likeness (QED) is 0.538. The normalized spacial score (nSPS) is 10.5. The van der Waals surface area contributed by atoms with Crippen molar-refractivity contribution in [1.29, 1.82) is 0 Å². The van der Waals surface area contributed by atoms with Crippen LogP contribution < -0.4 is 11.1 Å². The van der Waals surface area contributed by atoms with Crippen LogP contribution in [0.1, 0.15) is 19.8 Å². The van der Waals surface area contributed by atoms with Crippen molar-refractivity contribution in [3.63, 3.8) is 0 Å². The van der Waals surface area contributed by atoms with Gasteiger partial charge in [-0.3, -0.25) is 4.79 Å². The molecule has 0 heterocycles. The number of halogens is 1. The topological polar surface area (TPSA) is 73.6 Å². The van der Waals surface area contributed by atoms with E-state index in [1.54, 1.807) is 0 Å². The maximum atomic E-state index is 12.8. The Morgan fingerprint density at radius 1 is 1.30 bits per heavy atom. The van der Waals surface area contributed by atoms with Crippen molar-refractivity contribution in [3.8, 4) is 0 Å². The standard InChI is InChI=1S/C14H21FN2O3/c1-2-19-8-9-20-7-3-4-14(18)17-13-6-5-11(15)10-12(13)16/h5-6,10H,2-4,7-9,16H2,1H3,(H,17,18). The van der Waals surface area contributed by atoms with Crippen LogP contribution in [0.2, 0.25) is 0 Å². The van der Waals surface area contributed by atoms with Crippen LogP contribution in [-0.4, -0.2) is 32.3 Å². The van der Waals surface area contributed by atoms with Gasteiger partial charge in [-0.15, -0.1) is 0 Å². The molecule has 0 aliphatic heterocycles. The number of rotatable bonds is 9. The highest BCUT2D eigenvalue weighted by Gasteiger charge is 2.06. The third-order valence-electron chi connectivity index (χ3n) is 2.56. The lowest BCUT2D eigenvalue weighted by atomic mass is 10.2. The molecule has 3 N–H and O–H groups in total. The molecule has 0 bridgehead atoms. The predicted molar refractivity (Wildman–Crippen MR) is 76.0 cm³/mol. The summed E-state index contributed by atoms with van der Waals surface area (Å²) in [5, 5.41) is 2.64. The number of anilines is 2. The van der Waals surface area contributed by atoms with Crippen LogP contribution in [0.5, 0.6) is 0 Å². The average molecular weight is 284 g/mol. The molecule has 6 heteroatoms. The number of carbonyl (C=O) groups excluding carboxylic acids is 1. The van der Waals surface area contributed by atoms with Crippen molar-refractivity contribution in [1.82, 2.24) is 0 Å². The van der Waals surface area contributed by atoms with Crippen LogP contribution in [0.3, 0.4) is 0 Å². The second kappa shape index (κ2) is 9.28. The van der Waals surface area contributed by atoms with E-state index in [2.05, 4.69) is 5.32 Å². The van der Waals surface area contributed by atoms with Crippen LogP contribution in [0, 0.1) is 5.82 Å². The smallest absolute Gasteiger partial charge is 0.224 e. The summed E-state index contributed by atoms with van der Waals surface area (Å²) in [5.74, 6) is -0.597. The lowest BCUT2D eigenvalue weighted by Gasteiger charge is -2.08. The van der Waals surface area contributed by atoms with E-state index in [1.807, 2.05) is 6.92 Å². The molecule has 1 rings (SSSR count). The van der Waals surface area contributed by atoms with Crippen molar-refractivity contribution in [2.24, 2.45) is 0 Å². The summed E-state index contributed by atoms with van der Waals surface area (Å²) in [7, 11) is 0. The van der Waals surface area contributed by atoms with E-state index in [0.717, 1.165) is 0 Å². The molecule has 1 aromatic rings. The van der Waals surface area contributed by atoms with Gasteiger partial charge < -0.3 is 20.5 Å². The maximum absolute atomic E-state index is 12.8. The van der Waals surface area contributed by atoms with E-state index in [9.17, 15) is 9.18 Å². The van der Waals surface area contributed by atoms with Crippen molar-refractivity contribution in [3.05, 3.63) is 24.0 Å². The van der Waals surface area contributed by atoms with Gasteiger partial charge in [-0.05, 0) is 31.5 Å². The summed E-state index contributed by atoms with van der Waals surface area (Å²) >= 11 is 0. The molecule has 0 unspecified atom stereocenters. The zero-order chi connectivity index (χ0) is 14.8. The second-order valence-electron chi connectivity index (χ2n) is 4.19. The average Bonchev–Trinajstić information content (AvgIpc) is 2.41. The molecule has 5 nitrogen and oxygen atoms in total. The molecule has 0 saturated carbocycles. The van der Waals surface area contributed by atoms with E-state index in [1.165, 1.54) is 18.2 Å². The van der Waals surface area contributed by atoms with Crippen molar-refractivity contribution in [2.45, 2.75) is 19.8 Å². The van der Waals surface area contributed by atoms with E-state index in [4.69, 9.17) is 15.2 Å². The molecule has 1 amide bonds. The molecule has 0 aliphatic carbocycles. The SMILES string of the molecule is CCOCCOCCCC(=O)Nc1ccc(F)cc1N. The summed E-state index contributed by atoms with van der Waals surface area (Å²) in [6.45, 7) is 4.19. The van der Waals surface area contributed by atoms with Gasteiger partial charge in [-0.2, -0.15) is 0 Å². The first-order valence-corrected chi connectivity index (χ1v) is 6.64. The Bertz CT molecular complexity index is 427. The van der Waals surface area contributed by atoms with Gasteiger partial charge in [0.2, 0.25) is 5.91 Å². The van der Waals surface area contributed by atoms with E-state index < -0.39 is 5.82 Å². The van der Waals surface area contributed by atoms with Gasteiger partial charge in [0.15, 0.2) is 0 Å². The lowest BCUT2D eigenvalue weighted by Crippen LogP contribution is -2.14. The molecule has 0 atom stereocenters. The summed E-state index contributed by atoms with van der Waals surface area (Å²) in [6, 6.07) is 3.87. The molecular formula is C14H21FN2O3. The van der Waals surface area contributed by atoms with Crippen molar-refractivity contribution in [2.75, 3.05) is 37.5 Å². The van der Waals surface area contributed by atoms with Crippen molar-refractivity contribution < 1.29 is 18.7 Å². The summed E-state index contributed by atoms with van der Waals surface area (Å²) in [5.41, 5.74) is 6.24. The zero-order valence-electron chi connectivity index (χ0n) is 11.7. The molecule has 0 fully saturated rings. The number of benzene rings is 1. The molecule has 0 aromatic heterocycles. The van der Waals surface area contributed by atoms with E-state index >= 15 is 0 Å². The summed E-state index contributed by atoms with van der Waals surface area (Å²) < 4.78 is 23.3. The number of ether oxygens (including phenoxy) is 2. The van der Waals surface area contributed by atoms with Crippen LogP contribution in [0.4, 0.5) is 15.8 Å². The highest BCUT2D eigenvalue weighted by atomic mass is 19.1. The fraction of sp³-hybridized carbons (Fsp3) is 0.500. The monoisotopic (exact) mass is 284 g/mol. The molecule has 1 aromatic carbocycles. The Morgan fingerprint density at radius 2 is 2.05 bits per heavy atom. The van der Waals surface area contributed by atoms with Crippen LogP contribution >= 0.6 is 0 Å². The zero-order valence-corrected chi connectivity index (χ0v) is 11.7. The van der Waals surface area contributed by atoms with Crippen LogP contribution in [0.15, 0.2) is 18.2 Å². The number of nitrogens with two attached hydrogens (primary N) is 1. The lowest BCUT2D eigenvalue weighted by molar-refractivity contribution is -0.116. The Balaban J connectivity index is 2.17. The fourth-order valence-electron chi connectivity index (χ4n) is 1.56. The number of nitrogens with one attached hydrogen (secondary N) is 1. The molecule has 0 spiro atoms. The molecular weight excluding hydrogens is 263 g/mol.